The lowest BCUT2D eigenvalue weighted by molar-refractivity contribution is -0.151. The second kappa shape index (κ2) is 27.4. The molecule has 22 heteroatoms. The van der Waals surface area contributed by atoms with E-state index >= 15 is 0 Å². The minimum atomic E-state index is -1.42. The summed E-state index contributed by atoms with van der Waals surface area (Å²) in [4.78, 5) is 125. The zero-order valence-electron chi connectivity index (χ0n) is 37.8. The van der Waals surface area contributed by atoms with Crippen LogP contribution >= 0.6 is 23.5 Å². The van der Waals surface area contributed by atoms with Crippen LogP contribution in [0.1, 0.15) is 104 Å². The van der Waals surface area contributed by atoms with Gasteiger partial charge in [-0.3, -0.25) is 38.4 Å². The van der Waals surface area contributed by atoms with Gasteiger partial charge in [0.2, 0.25) is 47.3 Å². The first-order valence-electron chi connectivity index (χ1n) is 22.5. The van der Waals surface area contributed by atoms with Gasteiger partial charge in [-0.25, -0.2) is 4.79 Å². The average Bonchev–Trinajstić information content (AvgIpc) is 4.06. The molecule has 0 aromatic heterocycles. The van der Waals surface area contributed by atoms with Crippen LogP contribution in [0.2, 0.25) is 0 Å². The van der Waals surface area contributed by atoms with Gasteiger partial charge >= 0.3 is 5.97 Å². The van der Waals surface area contributed by atoms with Gasteiger partial charge < -0.3 is 58.3 Å². The molecule has 64 heavy (non-hydrogen) atoms. The zero-order valence-corrected chi connectivity index (χ0v) is 39.5. The first kappa shape index (κ1) is 54.2. The number of carbonyl (C=O) groups excluding carboxylic acids is 8. The highest BCUT2D eigenvalue weighted by Gasteiger charge is 2.47. The molecule has 0 aromatic carbocycles. The molecule has 0 unspecified atom stereocenters. The van der Waals surface area contributed by atoms with Crippen LogP contribution in [-0.4, -0.2) is 172 Å². The molecule has 3 heterocycles. The van der Waals surface area contributed by atoms with E-state index in [1.807, 2.05) is 26.4 Å². The highest BCUT2D eigenvalue weighted by molar-refractivity contribution is 7.98. The van der Waals surface area contributed by atoms with E-state index in [4.69, 9.17) is 17.2 Å². The fraction of sp³-hybridized carbons (Fsp3) is 0.786. The molecule has 0 aromatic rings. The number of amides is 8. The Morgan fingerprint density at radius 1 is 0.641 bits per heavy atom. The van der Waals surface area contributed by atoms with Crippen molar-refractivity contribution in [1.29, 1.82) is 0 Å². The molecule has 0 saturated carbocycles. The minimum absolute atomic E-state index is 0.0813. The van der Waals surface area contributed by atoms with Crippen molar-refractivity contribution in [2.24, 2.45) is 23.1 Å². The van der Waals surface area contributed by atoms with Crippen LogP contribution in [0, 0.1) is 5.92 Å². The molecular formula is C42H72N10O10S2. The number of nitrogens with one attached hydrogen (secondary N) is 4. The monoisotopic (exact) mass is 940 g/mol. The van der Waals surface area contributed by atoms with Crippen molar-refractivity contribution < 1.29 is 48.3 Å². The van der Waals surface area contributed by atoms with Crippen molar-refractivity contribution >= 4 is 76.8 Å². The molecule has 3 rings (SSSR count). The van der Waals surface area contributed by atoms with Gasteiger partial charge in [0.05, 0.1) is 6.04 Å². The Morgan fingerprint density at radius 3 is 1.69 bits per heavy atom. The van der Waals surface area contributed by atoms with Crippen LogP contribution in [0.15, 0.2) is 0 Å². The van der Waals surface area contributed by atoms with E-state index in [-0.39, 0.29) is 50.0 Å². The number of rotatable bonds is 27. The number of hydrogen-bond donors (Lipinski definition) is 8. The highest BCUT2D eigenvalue weighted by atomic mass is 32.2. The third-order valence-electron chi connectivity index (χ3n) is 11.9. The van der Waals surface area contributed by atoms with Gasteiger partial charge in [0, 0.05) is 26.1 Å². The topological polar surface area (TPSA) is 310 Å². The molecule has 3 aliphatic rings. The van der Waals surface area contributed by atoms with Gasteiger partial charge in [-0.1, -0.05) is 20.3 Å². The summed E-state index contributed by atoms with van der Waals surface area (Å²) in [6.07, 6.45) is 8.42. The Kier molecular flexibility index (Phi) is 23.2. The lowest BCUT2D eigenvalue weighted by atomic mass is 10.0. The van der Waals surface area contributed by atoms with Crippen molar-refractivity contribution in [3.63, 3.8) is 0 Å². The SMILES string of the molecule is CSCC[C@H](NC(=O)[C@H](CC(C)C)NC(=O)[C@@H]1CCCN1C(=O)[C@@H]1CCCN1C(=O)[C@@H]1CCCN1C(=O)[C@H](CCSC)NC(=O)[C@@H](N)CCCCN)C(=O)N[C@@H](CCC(N)=O)C(=O)O. The molecular weight excluding hydrogens is 869 g/mol. The van der Waals surface area contributed by atoms with Crippen molar-refractivity contribution in [2.75, 3.05) is 50.2 Å². The summed E-state index contributed by atoms with van der Waals surface area (Å²) in [6.45, 7) is 5.07. The number of nitrogens with zero attached hydrogens (tertiary/aromatic N) is 3. The number of carbonyl (C=O) groups is 9. The zero-order chi connectivity index (χ0) is 47.5. The summed E-state index contributed by atoms with van der Waals surface area (Å²) >= 11 is 2.94. The van der Waals surface area contributed by atoms with Crippen LogP contribution in [0.25, 0.3) is 0 Å². The molecule has 20 nitrogen and oxygen atoms in total. The normalized spacial score (nSPS) is 20.9. The van der Waals surface area contributed by atoms with Gasteiger partial charge in [-0.2, -0.15) is 23.5 Å². The van der Waals surface area contributed by atoms with Gasteiger partial charge in [0.25, 0.3) is 0 Å². The number of primary amides is 1. The average molecular weight is 941 g/mol. The van der Waals surface area contributed by atoms with E-state index in [2.05, 4.69) is 21.3 Å². The van der Waals surface area contributed by atoms with E-state index in [0.717, 1.165) is 6.42 Å². The molecule has 3 aliphatic heterocycles. The van der Waals surface area contributed by atoms with Crippen molar-refractivity contribution in [3.8, 4) is 0 Å². The molecule has 3 fully saturated rings. The number of thioether (sulfide) groups is 2. The first-order valence-corrected chi connectivity index (χ1v) is 25.3. The summed E-state index contributed by atoms with van der Waals surface area (Å²) in [7, 11) is 0. The standard InChI is InChI=1S/C42H72N10O10S2/c1-25(2)24-30(37(56)46-27(16-22-63-3)36(55)48-29(42(61)62)14-15-34(45)53)49-38(57)31-11-7-19-50(31)40(59)33-13-9-21-52(33)41(60)32-12-8-20-51(32)39(58)28(17-23-64-4)47-35(54)26(44)10-5-6-18-43/h25-33H,5-24,43-44H2,1-4H3,(H2,45,53)(H,46,56)(H,47,54)(H,48,55)(H,49,57)(H,61,62)/t26-,27-,28-,29-,30-,31-,32-,33-/m0/s1. The van der Waals surface area contributed by atoms with Gasteiger partial charge in [-0.05, 0) is 114 Å². The first-order chi connectivity index (χ1) is 30.4. The van der Waals surface area contributed by atoms with E-state index < -0.39 is 89.7 Å². The molecule has 8 amide bonds. The molecule has 0 aliphatic carbocycles. The number of hydrogen-bond acceptors (Lipinski definition) is 13. The summed E-state index contributed by atoms with van der Waals surface area (Å²) < 4.78 is 0. The predicted molar refractivity (Wildman–Crippen MR) is 244 cm³/mol. The van der Waals surface area contributed by atoms with Crippen molar-refractivity contribution in [1.82, 2.24) is 36.0 Å². The fourth-order valence-electron chi connectivity index (χ4n) is 8.44. The second-order valence-corrected chi connectivity index (χ2v) is 19.2. The highest BCUT2D eigenvalue weighted by Crippen LogP contribution is 2.29. The fourth-order valence-corrected chi connectivity index (χ4v) is 9.38. The van der Waals surface area contributed by atoms with Crippen molar-refractivity contribution in [2.45, 2.75) is 152 Å². The van der Waals surface area contributed by atoms with E-state index in [1.165, 1.54) is 38.2 Å². The van der Waals surface area contributed by atoms with Crippen LogP contribution in [0.3, 0.4) is 0 Å². The van der Waals surface area contributed by atoms with Gasteiger partial charge in [0.15, 0.2) is 0 Å². The summed E-state index contributed by atoms with van der Waals surface area (Å²) in [5, 5.41) is 20.4. The Labute approximate surface area is 385 Å². The second-order valence-electron chi connectivity index (χ2n) is 17.2. The maximum atomic E-state index is 14.4. The number of carboxylic acids is 1. The van der Waals surface area contributed by atoms with E-state index in [0.29, 0.717) is 88.9 Å². The number of nitrogens with two attached hydrogens (primary N) is 3. The third-order valence-corrected chi connectivity index (χ3v) is 13.2. The third kappa shape index (κ3) is 16.1. The molecule has 0 radical (unpaired) electrons. The van der Waals surface area contributed by atoms with Gasteiger partial charge in [-0.15, -0.1) is 0 Å². The smallest absolute Gasteiger partial charge is 0.326 e. The largest absolute Gasteiger partial charge is 0.480 e. The summed E-state index contributed by atoms with van der Waals surface area (Å²) in [6, 6.07) is -7.98. The Bertz CT molecular complexity index is 1640. The quantitative estimate of drug-likeness (QED) is 0.0471. The van der Waals surface area contributed by atoms with Crippen molar-refractivity contribution in [3.05, 3.63) is 0 Å². The molecule has 362 valence electrons. The number of likely N-dealkylation sites (tertiary alicyclic amines) is 3. The summed E-state index contributed by atoms with van der Waals surface area (Å²) in [5.74, 6) is -4.68. The number of carboxylic acid groups (broad SMARTS) is 1. The Hall–Kier alpha value is -4.15. The lowest BCUT2D eigenvalue weighted by Gasteiger charge is -2.35. The van der Waals surface area contributed by atoms with Crippen LogP contribution in [0.4, 0.5) is 0 Å². The summed E-state index contributed by atoms with van der Waals surface area (Å²) in [5.41, 5.74) is 16.9. The predicted octanol–water partition coefficient (Wildman–Crippen LogP) is -0.743. The van der Waals surface area contributed by atoms with Crippen LogP contribution in [-0.2, 0) is 43.2 Å². The molecule has 0 bridgehead atoms. The molecule has 11 N–H and O–H groups in total. The maximum Gasteiger partial charge on any atom is 0.326 e. The van der Waals surface area contributed by atoms with E-state index in [1.54, 1.807) is 0 Å². The number of unbranched alkanes of at least 4 members (excludes halogenated alkanes) is 1. The Balaban J connectivity index is 1.74. The van der Waals surface area contributed by atoms with Crippen LogP contribution < -0.4 is 38.5 Å². The molecule has 8 atom stereocenters. The molecule has 0 spiro atoms. The van der Waals surface area contributed by atoms with Gasteiger partial charge in [0.1, 0.15) is 42.3 Å². The van der Waals surface area contributed by atoms with E-state index in [9.17, 15) is 48.3 Å². The Morgan fingerprint density at radius 2 is 1.14 bits per heavy atom. The molecule has 3 saturated heterocycles. The van der Waals surface area contributed by atoms with Crippen LogP contribution in [0.5, 0.6) is 0 Å². The number of aliphatic carboxylic acids is 1. The minimum Gasteiger partial charge on any atom is -0.480 e. The maximum absolute atomic E-state index is 14.4. The lowest BCUT2D eigenvalue weighted by Crippen LogP contribution is -2.59.